The Morgan fingerprint density at radius 3 is 2.50 bits per heavy atom. The monoisotopic (exact) mass is 288 g/mol. The van der Waals surface area contributed by atoms with Crippen molar-refractivity contribution in [3.05, 3.63) is 20.8 Å². The Morgan fingerprint density at radius 2 is 1.95 bits per heavy atom. The predicted octanol–water partition coefficient (Wildman–Crippen LogP) is -1.20. The third-order valence-corrected chi connectivity index (χ3v) is 2.73. The highest BCUT2D eigenvalue weighted by Gasteiger charge is 2.13. The molecule has 0 saturated heterocycles. The van der Waals surface area contributed by atoms with E-state index in [2.05, 4.69) is 10.3 Å². The van der Waals surface area contributed by atoms with Crippen LogP contribution in [0.5, 0.6) is 0 Å². The highest BCUT2D eigenvalue weighted by atomic mass is 16.7. The van der Waals surface area contributed by atoms with E-state index in [-0.39, 0.29) is 24.6 Å². The molecule has 1 rings (SSSR count). The van der Waals surface area contributed by atoms with Gasteiger partial charge in [0.1, 0.15) is 11.5 Å². The second kappa shape index (κ2) is 7.68. The summed E-state index contributed by atoms with van der Waals surface area (Å²) in [5.41, 5.74) is 4.77. The molecule has 0 atom stereocenters. The third kappa shape index (κ3) is 3.83. The summed E-state index contributed by atoms with van der Waals surface area (Å²) in [7, 11) is 4.46. The van der Waals surface area contributed by atoms with Gasteiger partial charge in [-0.3, -0.25) is 14.3 Å². The van der Waals surface area contributed by atoms with Gasteiger partial charge < -0.3 is 25.3 Å². The summed E-state index contributed by atoms with van der Waals surface area (Å²) in [5.74, 6) is 0.0433. The van der Waals surface area contributed by atoms with Crippen molar-refractivity contribution < 1.29 is 14.2 Å². The van der Waals surface area contributed by atoms with E-state index in [4.69, 9.17) is 19.9 Å². The molecule has 0 spiro atoms. The number of nitrogens with zero attached hydrogens (tertiary/aromatic N) is 1. The van der Waals surface area contributed by atoms with Crippen LogP contribution in [0, 0.1) is 0 Å². The number of methoxy groups -OCH3 is 3. The largest absolute Gasteiger partial charge is 0.383 e. The van der Waals surface area contributed by atoms with Crippen LogP contribution in [-0.2, 0) is 20.8 Å². The Morgan fingerprint density at radius 1 is 1.30 bits per heavy atom. The summed E-state index contributed by atoms with van der Waals surface area (Å²) in [4.78, 5) is 25.6. The lowest BCUT2D eigenvalue weighted by Crippen LogP contribution is -2.36. The molecule has 1 heterocycles. The maximum absolute atomic E-state index is 11.8. The zero-order valence-electron chi connectivity index (χ0n) is 11.8. The van der Waals surface area contributed by atoms with Crippen molar-refractivity contribution in [2.24, 2.45) is 0 Å². The smallest absolute Gasteiger partial charge is 0.330 e. The molecular formula is C11H20N4O5. The molecule has 0 fully saturated rings. The molecule has 0 amide bonds. The highest BCUT2D eigenvalue weighted by molar-refractivity contribution is 5.60. The summed E-state index contributed by atoms with van der Waals surface area (Å²) < 4.78 is 16.1. The number of H-pyrrole nitrogens is 1. The molecule has 1 aromatic heterocycles. The van der Waals surface area contributed by atoms with E-state index in [1.165, 1.54) is 25.9 Å². The van der Waals surface area contributed by atoms with Gasteiger partial charge in [0.2, 0.25) is 0 Å². The van der Waals surface area contributed by atoms with Crippen LogP contribution < -0.4 is 22.3 Å². The van der Waals surface area contributed by atoms with Crippen LogP contribution in [0.3, 0.4) is 0 Å². The number of aromatic nitrogens is 2. The van der Waals surface area contributed by atoms with Gasteiger partial charge in [-0.2, -0.15) is 0 Å². The summed E-state index contributed by atoms with van der Waals surface area (Å²) in [6.07, 6.45) is -0.534. The average Bonchev–Trinajstić information content (AvgIpc) is 2.42. The van der Waals surface area contributed by atoms with Crippen molar-refractivity contribution in [2.75, 3.05) is 45.5 Å². The molecule has 20 heavy (non-hydrogen) atoms. The maximum Gasteiger partial charge on any atom is 0.330 e. The van der Waals surface area contributed by atoms with E-state index in [1.54, 1.807) is 0 Å². The SMILES string of the molecule is COCCn1c(N)c(NCC(OC)OC)c(=O)[nH]c1=O. The molecule has 0 aromatic carbocycles. The van der Waals surface area contributed by atoms with Gasteiger partial charge in [-0.05, 0) is 0 Å². The Kier molecular flexibility index (Phi) is 6.22. The van der Waals surface area contributed by atoms with E-state index in [9.17, 15) is 9.59 Å². The maximum atomic E-state index is 11.8. The Bertz CT molecular complexity index is 535. The van der Waals surface area contributed by atoms with Crippen LogP contribution in [0.2, 0.25) is 0 Å². The minimum atomic E-state index is -0.591. The fourth-order valence-electron chi connectivity index (χ4n) is 1.61. The van der Waals surface area contributed by atoms with Gasteiger partial charge in [0.05, 0.1) is 19.7 Å². The first-order valence-corrected chi connectivity index (χ1v) is 5.96. The second-order valence-corrected chi connectivity index (χ2v) is 3.95. The molecule has 4 N–H and O–H groups in total. The van der Waals surface area contributed by atoms with Crippen molar-refractivity contribution >= 4 is 11.5 Å². The number of aromatic amines is 1. The third-order valence-electron chi connectivity index (χ3n) is 2.73. The first kappa shape index (κ1) is 16.2. The van der Waals surface area contributed by atoms with E-state index in [1.807, 2.05) is 0 Å². The van der Waals surface area contributed by atoms with Crippen molar-refractivity contribution in [3.8, 4) is 0 Å². The Hall–Kier alpha value is -1.84. The summed E-state index contributed by atoms with van der Waals surface area (Å²) in [6.45, 7) is 0.752. The average molecular weight is 288 g/mol. The molecule has 0 aliphatic rings. The number of ether oxygens (including phenoxy) is 3. The molecule has 0 aliphatic carbocycles. The summed E-state index contributed by atoms with van der Waals surface area (Å²) in [5, 5.41) is 2.81. The van der Waals surface area contributed by atoms with Crippen molar-refractivity contribution in [1.82, 2.24) is 9.55 Å². The standard InChI is InChI=1S/C11H20N4O5/c1-18-5-4-15-9(12)8(10(16)14-11(15)17)13-6-7(19-2)20-3/h7,13H,4-6,12H2,1-3H3,(H,14,16,17). The lowest BCUT2D eigenvalue weighted by molar-refractivity contribution is -0.0914. The van der Waals surface area contributed by atoms with E-state index >= 15 is 0 Å². The molecule has 9 heteroatoms. The lowest BCUT2D eigenvalue weighted by Gasteiger charge is -2.17. The topological polar surface area (TPSA) is 121 Å². The molecule has 9 nitrogen and oxygen atoms in total. The Balaban J connectivity index is 3.01. The van der Waals surface area contributed by atoms with Gasteiger partial charge in [0.15, 0.2) is 6.29 Å². The first-order valence-electron chi connectivity index (χ1n) is 5.96. The number of hydrogen-bond donors (Lipinski definition) is 3. The van der Waals surface area contributed by atoms with E-state index in [0.29, 0.717) is 6.61 Å². The second-order valence-electron chi connectivity index (χ2n) is 3.95. The lowest BCUT2D eigenvalue weighted by atomic mass is 10.4. The van der Waals surface area contributed by atoms with Gasteiger partial charge in [-0.25, -0.2) is 4.79 Å². The minimum Gasteiger partial charge on any atom is -0.383 e. The summed E-state index contributed by atoms with van der Waals surface area (Å²) >= 11 is 0. The van der Waals surface area contributed by atoms with Gasteiger partial charge in [-0.1, -0.05) is 0 Å². The predicted molar refractivity (Wildman–Crippen MR) is 73.9 cm³/mol. The van der Waals surface area contributed by atoms with Crippen LogP contribution in [-0.4, -0.2) is 50.3 Å². The fraction of sp³-hybridized carbons (Fsp3) is 0.636. The van der Waals surface area contributed by atoms with Gasteiger partial charge in [0.25, 0.3) is 5.56 Å². The molecule has 0 aliphatic heterocycles. The number of hydrogen-bond acceptors (Lipinski definition) is 7. The minimum absolute atomic E-state index is 0.0433. The number of nitrogen functional groups attached to an aromatic ring is 1. The highest BCUT2D eigenvalue weighted by Crippen LogP contribution is 2.10. The zero-order chi connectivity index (χ0) is 15.1. The molecule has 0 radical (unpaired) electrons. The molecule has 0 bridgehead atoms. The Labute approximate surface area is 115 Å². The van der Waals surface area contributed by atoms with Crippen molar-refractivity contribution in [3.63, 3.8) is 0 Å². The van der Waals surface area contributed by atoms with Crippen LogP contribution in [0.25, 0.3) is 0 Å². The molecule has 1 aromatic rings. The van der Waals surface area contributed by atoms with Gasteiger partial charge in [-0.15, -0.1) is 0 Å². The number of rotatable bonds is 8. The van der Waals surface area contributed by atoms with E-state index in [0.717, 1.165) is 0 Å². The summed E-state index contributed by atoms with van der Waals surface area (Å²) in [6, 6.07) is 0. The van der Waals surface area contributed by atoms with Gasteiger partial charge in [0, 0.05) is 21.3 Å². The quantitative estimate of drug-likeness (QED) is 0.513. The molecule has 0 saturated carbocycles. The number of anilines is 2. The van der Waals surface area contributed by atoms with Crippen LogP contribution in [0.4, 0.5) is 11.5 Å². The fourth-order valence-corrected chi connectivity index (χ4v) is 1.61. The number of nitrogens with one attached hydrogen (secondary N) is 2. The first-order chi connectivity index (χ1) is 9.54. The van der Waals surface area contributed by atoms with Crippen LogP contribution in [0.1, 0.15) is 0 Å². The number of nitrogens with two attached hydrogens (primary N) is 1. The van der Waals surface area contributed by atoms with Crippen LogP contribution >= 0.6 is 0 Å². The van der Waals surface area contributed by atoms with Crippen LogP contribution in [0.15, 0.2) is 9.59 Å². The zero-order valence-corrected chi connectivity index (χ0v) is 11.8. The van der Waals surface area contributed by atoms with Crippen molar-refractivity contribution in [2.45, 2.75) is 12.8 Å². The molecular weight excluding hydrogens is 268 g/mol. The van der Waals surface area contributed by atoms with Crippen molar-refractivity contribution in [1.29, 1.82) is 0 Å². The molecule has 114 valence electrons. The normalized spacial score (nSPS) is 11.0. The van der Waals surface area contributed by atoms with Gasteiger partial charge >= 0.3 is 5.69 Å². The van der Waals surface area contributed by atoms with E-state index < -0.39 is 17.5 Å². The molecule has 0 unspecified atom stereocenters.